The van der Waals surface area contributed by atoms with Gasteiger partial charge in [-0.05, 0) is 73.8 Å². The van der Waals surface area contributed by atoms with Crippen LogP contribution in [0.3, 0.4) is 0 Å². The van der Waals surface area contributed by atoms with Crippen LogP contribution in [0.1, 0.15) is 52.4 Å². The number of hydrogen-bond donors (Lipinski definition) is 1. The fraction of sp³-hybridized carbons (Fsp3) is 0.739. The first-order valence-electron chi connectivity index (χ1n) is 10.7. The lowest BCUT2D eigenvalue weighted by Crippen LogP contribution is -2.54. The molecule has 0 aromatic heterocycles. The van der Waals surface area contributed by atoms with E-state index < -0.39 is 5.60 Å². The third-order valence-corrected chi connectivity index (χ3v) is 8.94. The lowest BCUT2D eigenvalue weighted by atomic mass is 9.48. The second-order valence-corrected chi connectivity index (χ2v) is 10.0. The topological polar surface area (TPSA) is 63.6 Å². The molecule has 4 heteroatoms. The first-order chi connectivity index (χ1) is 12.9. The van der Waals surface area contributed by atoms with E-state index in [1.807, 2.05) is 12.2 Å². The van der Waals surface area contributed by atoms with Crippen molar-refractivity contribution in [1.82, 2.24) is 0 Å². The lowest BCUT2D eigenvalue weighted by molar-refractivity contribution is -0.162. The molecule has 3 fully saturated rings. The van der Waals surface area contributed by atoms with Crippen LogP contribution in [-0.2, 0) is 14.3 Å². The van der Waals surface area contributed by atoms with Crippen LogP contribution < -0.4 is 0 Å². The summed E-state index contributed by atoms with van der Waals surface area (Å²) >= 11 is 0. The van der Waals surface area contributed by atoms with E-state index >= 15 is 0 Å². The first-order valence-corrected chi connectivity index (χ1v) is 10.7. The van der Waals surface area contributed by atoms with Gasteiger partial charge in [-0.25, -0.2) is 4.79 Å². The molecule has 6 unspecified atom stereocenters. The SMILES string of the molecule is CC1CC2(C=CC(=O)O2)[C@@]2(C)CCC3C(CC(CO)C4=CC(=O)CC[C@@H]43)C12. The maximum Gasteiger partial charge on any atom is 0.331 e. The molecule has 0 bridgehead atoms. The van der Waals surface area contributed by atoms with E-state index in [-0.39, 0.29) is 29.7 Å². The molecule has 27 heavy (non-hydrogen) atoms. The molecule has 3 saturated carbocycles. The number of ether oxygens (including phenoxy) is 1. The fourth-order valence-electron chi connectivity index (χ4n) is 8.01. The van der Waals surface area contributed by atoms with E-state index in [1.54, 1.807) is 6.08 Å². The van der Waals surface area contributed by atoms with Crippen molar-refractivity contribution in [2.75, 3.05) is 6.61 Å². The minimum atomic E-state index is -0.438. The number of aliphatic hydroxyl groups is 1. The predicted molar refractivity (Wildman–Crippen MR) is 101 cm³/mol. The highest BCUT2D eigenvalue weighted by Crippen LogP contribution is 2.68. The van der Waals surface area contributed by atoms with Crippen molar-refractivity contribution < 1.29 is 19.4 Å². The Morgan fingerprint density at radius 1 is 1.26 bits per heavy atom. The molecule has 5 rings (SSSR count). The van der Waals surface area contributed by atoms with Gasteiger partial charge < -0.3 is 9.84 Å². The zero-order valence-corrected chi connectivity index (χ0v) is 16.3. The van der Waals surface area contributed by atoms with E-state index in [1.165, 1.54) is 5.57 Å². The molecule has 0 amide bonds. The molecule has 1 heterocycles. The number of rotatable bonds is 1. The smallest absolute Gasteiger partial charge is 0.331 e. The van der Waals surface area contributed by atoms with Gasteiger partial charge in [-0.1, -0.05) is 19.4 Å². The summed E-state index contributed by atoms with van der Waals surface area (Å²) in [5, 5.41) is 10.1. The molecular weight excluding hydrogens is 340 g/mol. The average Bonchev–Trinajstić information content (AvgIpc) is 3.11. The Labute approximate surface area is 161 Å². The van der Waals surface area contributed by atoms with Gasteiger partial charge in [-0.3, -0.25) is 4.79 Å². The lowest BCUT2D eigenvalue weighted by Gasteiger charge is -2.57. The Bertz CT molecular complexity index is 751. The molecule has 0 aromatic carbocycles. The van der Waals surface area contributed by atoms with Crippen molar-refractivity contribution in [2.45, 2.75) is 58.0 Å². The minimum absolute atomic E-state index is 0.0258. The Balaban J connectivity index is 1.53. The fourth-order valence-corrected chi connectivity index (χ4v) is 8.01. The summed E-state index contributed by atoms with van der Waals surface area (Å²) in [6.45, 7) is 4.80. The Morgan fingerprint density at radius 3 is 2.78 bits per heavy atom. The number of esters is 1. The maximum atomic E-state index is 12.0. The summed E-state index contributed by atoms with van der Waals surface area (Å²) in [4.78, 5) is 24.0. The largest absolute Gasteiger partial charge is 0.451 e. The highest BCUT2D eigenvalue weighted by Gasteiger charge is 2.67. The van der Waals surface area contributed by atoms with E-state index in [0.717, 1.165) is 32.1 Å². The third-order valence-electron chi connectivity index (χ3n) is 8.94. The number of carbonyl (C=O) groups is 2. The highest BCUT2D eigenvalue weighted by molar-refractivity contribution is 5.91. The van der Waals surface area contributed by atoms with Crippen LogP contribution in [0.25, 0.3) is 0 Å². The second kappa shape index (κ2) is 5.79. The zero-order chi connectivity index (χ0) is 19.0. The Hall–Kier alpha value is -1.42. The molecule has 146 valence electrons. The standard InChI is InChI=1S/C23H30O4/c1-13-11-23(8-6-20(26)27-23)22(2)7-5-17-16-4-3-15(25)10-18(16)14(12-24)9-19(17)21(13)22/h6,8,10,13-14,16-17,19,21,24H,3-5,7,9,11-12H2,1-2H3/t13?,14?,16-,17?,19?,21?,22+,23?/m1/s1. The minimum Gasteiger partial charge on any atom is -0.451 e. The van der Waals surface area contributed by atoms with Crippen molar-refractivity contribution in [2.24, 2.45) is 40.9 Å². The summed E-state index contributed by atoms with van der Waals surface area (Å²) in [5.41, 5.74) is 0.764. The van der Waals surface area contributed by atoms with Crippen molar-refractivity contribution in [1.29, 1.82) is 0 Å². The van der Waals surface area contributed by atoms with Crippen molar-refractivity contribution in [3.63, 3.8) is 0 Å². The molecule has 0 aromatic rings. The van der Waals surface area contributed by atoms with Crippen molar-refractivity contribution >= 4 is 11.8 Å². The van der Waals surface area contributed by atoms with Crippen molar-refractivity contribution in [3.8, 4) is 0 Å². The summed E-state index contributed by atoms with van der Waals surface area (Å²) in [5.74, 6) is 2.74. The molecule has 8 atom stereocenters. The van der Waals surface area contributed by atoms with Crippen LogP contribution >= 0.6 is 0 Å². The van der Waals surface area contributed by atoms with Gasteiger partial charge in [0, 0.05) is 30.4 Å². The predicted octanol–water partition coefficient (Wildman–Crippen LogP) is 3.44. The van der Waals surface area contributed by atoms with Crippen LogP contribution in [0.5, 0.6) is 0 Å². The summed E-state index contributed by atoms with van der Waals surface area (Å²) < 4.78 is 5.95. The van der Waals surface area contributed by atoms with Gasteiger partial charge in [0.25, 0.3) is 0 Å². The molecular formula is C23H30O4. The van der Waals surface area contributed by atoms with Gasteiger partial charge in [0.15, 0.2) is 5.78 Å². The average molecular weight is 370 g/mol. The second-order valence-electron chi connectivity index (χ2n) is 10.0. The highest BCUT2D eigenvalue weighted by atomic mass is 16.6. The Kier molecular flexibility index (Phi) is 3.79. The summed E-state index contributed by atoms with van der Waals surface area (Å²) in [6.07, 6.45) is 11.2. The normalized spacial score (nSPS) is 50.9. The number of ketones is 1. The maximum absolute atomic E-state index is 12.0. The van der Waals surface area contributed by atoms with Crippen LogP contribution in [0.4, 0.5) is 0 Å². The summed E-state index contributed by atoms with van der Waals surface area (Å²) in [6, 6.07) is 0. The molecule has 0 radical (unpaired) electrons. The molecule has 0 saturated heterocycles. The van der Waals surface area contributed by atoms with Crippen LogP contribution in [0.15, 0.2) is 23.8 Å². The van der Waals surface area contributed by atoms with Crippen LogP contribution in [0.2, 0.25) is 0 Å². The monoisotopic (exact) mass is 370 g/mol. The first kappa shape index (κ1) is 17.7. The molecule has 1 N–H and O–H groups in total. The molecule has 5 aliphatic rings. The number of aliphatic hydroxyl groups excluding tert-OH is 1. The quantitative estimate of drug-likeness (QED) is 0.718. The molecule has 4 nitrogen and oxygen atoms in total. The zero-order valence-electron chi connectivity index (χ0n) is 16.3. The molecule has 1 spiro atoms. The molecule has 1 aliphatic heterocycles. The molecule has 4 aliphatic carbocycles. The van der Waals surface area contributed by atoms with Crippen molar-refractivity contribution in [3.05, 3.63) is 23.8 Å². The summed E-state index contributed by atoms with van der Waals surface area (Å²) in [7, 11) is 0. The number of fused-ring (bicyclic) bond motifs is 6. The van der Waals surface area contributed by atoms with Gasteiger partial charge in [0.1, 0.15) is 5.60 Å². The third kappa shape index (κ3) is 2.25. The Morgan fingerprint density at radius 2 is 2.07 bits per heavy atom. The number of carbonyl (C=O) groups excluding carboxylic acids is 2. The van der Waals surface area contributed by atoms with E-state index in [9.17, 15) is 14.7 Å². The van der Waals surface area contributed by atoms with Gasteiger partial charge in [-0.15, -0.1) is 0 Å². The number of hydrogen-bond acceptors (Lipinski definition) is 4. The van der Waals surface area contributed by atoms with Crippen LogP contribution in [0, 0.1) is 40.9 Å². The van der Waals surface area contributed by atoms with Gasteiger partial charge in [0.05, 0.1) is 0 Å². The van der Waals surface area contributed by atoms with Gasteiger partial charge in [0.2, 0.25) is 0 Å². The van der Waals surface area contributed by atoms with Gasteiger partial charge in [-0.2, -0.15) is 0 Å². The van der Waals surface area contributed by atoms with E-state index in [4.69, 9.17) is 4.74 Å². The van der Waals surface area contributed by atoms with Gasteiger partial charge >= 0.3 is 5.97 Å². The van der Waals surface area contributed by atoms with E-state index in [2.05, 4.69) is 13.8 Å². The van der Waals surface area contributed by atoms with E-state index in [0.29, 0.717) is 36.0 Å². The van der Waals surface area contributed by atoms with Crippen LogP contribution in [-0.4, -0.2) is 29.1 Å².